The average Bonchev–Trinajstić information content (AvgIpc) is 2.56. The number of alkyl halides is 7. The highest BCUT2D eigenvalue weighted by atomic mass is 19.4. The van der Waals surface area contributed by atoms with Gasteiger partial charge >= 0.3 is 12.4 Å². The standard InChI is InChI=1S/C20H35F7/c1-2-3-4-5-6-7-8-9-10-11-12-13-14-15-16-17-18(21,19(22,23)24)20(25,26)27/h2-17H2,1H3. The molecule has 0 nitrogen and oxygen atoms in total. The van der Waals surface area contributed by atoms with Gasteiger partial charge in [-0.3, -0.25) is 0 Å². The summed E-state index contributed by atoms with van der Waals surface area (Å²) in [4.78, 5) is 0. The van der Waals surface area contributed by atoms with Gasteiger partial charge in [0.1, 0.15) is 0 Å². The zero-order chi connectivity index (χ0) is 20.8. The predicted octanol–water partition coefficient (Wildman–Crippen LogP) is 9.08. The Morgan fingerprint density at radius 1 is 0.407 bits per heavy atom. The normalized spacial score (nSPS) is 13.3. The molecule has 0 aromatic carbocycles. The molecule has 0 atom stereocenters. The molecule has 0 aromatic rings. The third kappa shape index (κ3) is 11.2. The summed E-state index contributed by atoms with van der Waals surface area (Å²) in [5.41, 5.74) is -5.09. The molecular formula is C20H35F7. The second-order valence-electron chi connectivity index (χ2n) is 7.50. The largest absolute Gasteiger partial charge is 0.431 e. The maximum absolute atomic E-state index is 13.4. The molecule has 27 heavy (non-hydrogen) atoms. The minimum Gasteiger partial charge on any atom is -0.224 e. The third-order valence-corrected chi connectivity index (χ3v) is 5.02. The third-order valence-electron chi connectivity index (χ3n) is 5.02. The predicted molar refractivity (Wildman–Crippen MR) is 95.5 cm³/mol. The van der Waals surface area contributed by atoms with Crippen LogP contribution < -0.4 is 0 Å². The lowest BCUT2D eigenvalue weighted by Crippen LogP contribution is -2.53. The number of hydrogen-bond acceptors (Lipinski definition) is 0. The first-order chi connectivity index (χ1) is 12.6. The van der Waals surface area contributed by atoms with Crippen LogP contribution in [0.4, 0.5) is 30.7 Å². The van der Waals surface area contributed by atoms with Gasteiger partial charge in [-0.2, -0.15) is 26.3 Å². The second-order valence-corrected chi connectivity index (χ2v) is 7.50. The zero-order valence-electron chi connectivity index (χ0n) is 16.5. The average molecular weight is 408 g/mol. The van der Waals surface area contributed by atoms with Crippen molar-refractivity contribution >= 4 is 0 Å². The van der Waals surface area contributed by atoms with Crippen LogP contribution in [0.2, 0.25) is 0 Å². The molecule has 0 saturated carbocycles. The number of halogens is 7. The van der Waals surface area contributed by atoms with Gasteiger partial charge in [0.15, 0.2) is 0 Å². The lowest BCUT2D eigenvalue weighted by molar-refractivity contribution is -0.343. The summed E-state index contributed by atoms with van der Waals surface area (Å²) in [5, 5.41) is 0. The van der Waals surface area contributed by atoms with Crippen LogP contribution in [0.5, 0.6) is 0 Å². The van der Waals surface area contributed by atoms with Gasteiger partial charge in [0.2, 0.25) is 0 Å². The summed E-state index contributed by atoms with van der Waals surface area (Å²) in [6, 6.07) is 0. The van der Waals surface area contributed by atoms with E-state index in [4.69, 9.17) is 0 Å². The van der Waals surface area contributed by atoms with Gasteiger partial charge in [0.05, 0.1) is 0 Å². The van der Waals surface area contributed by atoms with E-state index in [9.17, 15) is 30.7 Å². The van der Waals surface area contributed by atoms with Crippen LogP contribution in [0, 0.1) is 0 Å². The highest BCUT2D eigenvalue weighted by molar-refractivity contribution is 4.94. The fourth-order valence-corrected chi connectivity index (χ4v) is 3.18. The van der Waals surface area contributed by atoms with Crippen LogP contribution in [0.3, 0.4) is 0 Å². The molecule has 0 heterocycles. The fraction of sp³-hybridized carbons (Fsp3) is 1.00. The first-order valence-corrected chi connectivity index (χ1v) is 10.4. The second kappa shape index (κ2) is 13.6. The van der Waals surface area contributed by atoms with Crippen LogP contribution in [-0.2, 0) is 0 Å². The van der Waals surface area contributed by atoms with Gasteiger partial charge in [-0.25, -0.2) is 4.39 Å². The maximum atomic E-state index is 13.4. The molecule has 0 fully saturated rings. The number of hydrogen-bond donors (Lipinski definition) is 0. The van der Waals surface area contributed by atoms with E-state index >= 15 is 0 Å². The molecule has 164 valence electrons. The van der Waals surface area contributed by atoms with E-state index in [1.807, 2.05) is 0 Å². The van der Waals surface area contributed by atoms with Crippen molar-refractivity contribution in [1.82, 2.24) is 0 Å². The van der Waals surface area contributed by atoms with Gasteiger partial charge in [0, 0.05) is 0 Å². The fourth-order valence-electron chi connectivity index (χ4n) is 3.18. The van der Waals surface area contributed by atoms with E-state index in [2.05, 4.69) is 6.92 Å². The summed E-state index contributed by atoms with van der Waals surface area (Å²) in [7, 11) is 0. The molecule has 0 aliphatic carbocycles. The lowest BCUT2D eigenvalue weighted by atomic mass is 9.95. The minimum atomic E-state index is -5.92. The Morgan fingerprint density at radius 3 is 0.926 bits per heavy atom. The molecule has 0 aromatic heterocycles. The van der Waals surface area contributed by atoms with E-state index in [-0.39, 0.29) is 6.42 Å². The molecule has 0 aliphatic rings. The Hall–Kier alpha value is -0.490. The smallest absolute Gasteiger partial charge is 0.224 e. The monoisotopic (exact) mass is 408 g/mol. The van der Waals surface area contributed by atoms with Gasteiger partial charge in [0.25, 0.3) is 5.67 Å². The van der Waals surface area contributed by atoms with E-state index in [0.717, 1.165) is 25.7 Å². The molecule has 0 N–H and O–H groups in total. The van der Waals surface area contributed by atoms with Crippen molar-refractivity contribution in [2.45, 2.75) is 128 Å². The van der Waals surface area contributed by atoms with Crippen molar-refractivity contribution in [1.29, 1.82) is 0 Å². The molecule has 7 heteroatoms. The van der Waals surface area contributed by atoms with E-state index < -0.39 is 30.9 Å². The van der Waals surface area contributed by atoms with Gasteiger partial charge in [-0.15, -0.1) is 0 Å². The molecule has 0 spiro atoms. The molecule has 0 unspecified atom stereocenters. The Balaban J connectivity index is 3.59. The van der Waals surface area contributed by atoms with E-state index in [1.165, 1.54) is 51.4 Å². The Bertz CT molecular complexity index is 333. The van der Waals surface area contributed by atoms with Crippen LogP contribution in [0.15, 0.2) is 0 Å². The summed E-state index contributed by atoms with van der Waals surface area (Å²) in [6.45, 7) is 2.19. The van der Waals surface area contributed by atoms with Crippen LogP contribution >= 0.6 is 0 Å². The highest BCUT2D eigenvalue weighted by Gasteiger charge is 2.71. The van der Waals surface area contributed by atoms with Crippen molar-refractivity contribution in [3.05, 3.63) is 0 Å². The molecule has 0 bridgehead atoms. The van der Waals surface area contributed by atoms with Crippen molar-refractivity contribution in [2.24, 2.45) is 0 Å². The van der Waals surface area contributed by atoms with Crippen molar-refractivity contribution in [2.75, 3.05) is 0 Å². The summed E-state index contributed by atoms with van der Waals surface area (Å²) < 4.78 is 87.7. The summed E-state index contributed by atoms with van der Waals surface area (Å²) in [6.07, 6.45) is 0.907. The maximum Gasteiger partial charge on any atom is 0.431 e. The molecule has 0 amide bonds. The summed E-state index contributed by atoms with van der Waals surface area (Å²) in [5.74, 6) is 0. The van der Waals surface area contributed by atoms with Crippen LogP contribution in [0.25, 0.3) is 0 Å². The summed E-state index contributed by atoms with van der Waals surface area (Å²) >= 11 is 0. The van der Waals surface area contributed by atoms with Crippen LogP contribution in [0.1, 0.15) is 110 Å². The molecular weight excluding hydrogens is 373 g/mol. The molecule has 0 aliphatic heterocycles. The van der Waals surface area contributed by atoms with Crippen molar-refractivity contribution < 1.29 is 30.7 Å². The molecule has 0 radical (unpaired) electrons. The van der Waals surface area contributed by atoms with Crippen molar-refractivity contribution in [3.63, 3.8) is 0 Å². The minimum absolute atomic E-state index is 0.190. The molecule has 0 rings (SSSR count). The Kier molecular flexibility index (Phi) is 13.4. The molecule has 0 saturated heterocycles. The van der Waals surface area contributed by atoms with Gasteiger partial charge in [-0.05, 0) is 12.8 Å². The quantitative estimate of drug-likeness (QED) is 0.176. The van der Waals surface area contributed by atoms with Crippen LogP contribution in [-0.4, -0.2) is 18.0 Å². The zero-order valence-corrected chi connectivity index (χ0v) is 16.5. The topological polar surface area (TPSA) is 0 Å². The van der Waals surface area contributed by atoms with Crippen molar-refractivity contribution in [3.8, 4) is 0 Å². The van der Waals surface area contributed by atoms with E-state index in [0.29, 0.717) is 6.42 Å². The Labute approximate surface area is 159 Å². The SMILES string of the molecule is CCCCCCCCCCCCCCCCCC(F)(C(F)(F)F)C(F)(F)F. The van der Waals surface area contributed by atoms with E-state index in [1.54, 1.807) is 0 Å². The van der Waals surface area contributed by atoms with Gasteiger partial charge < -0.3 is 0 Å². The Morgan fingerprint density at radius 2 is 0.667 bits per heavy atom. The lowest BCUT2D eigenvalue weighted by Gasteiger charge is -2.29. The van der Waals surface area contributed by atoms with Gasteiger partial charge in [-0.1, -0.05) is 96.8 Å². The number of unbranched alkanes of at least 4 members (excludes halogenated alkanes) is 14. The number of rotatable bonds is 16. The first-order valence-electron chi connectivity index (χ1n) is 10.4. The highest BCUT2D eigenvalue weighted by Crippen LogP contribution is 2.49. The first kappa shape index (κ1) is 26.5.